The quantitative estimate of drug-likeness (QED) is 0.572. The Morgan fingerprint density at radius 2 is 1.80 bits per heavy atom. The van der Waals surface area contributed by atoms with Gasteiger partial charge >= 0.3 is 17.8 Å². The summed E-state index contributed by atoms with van der Waals surface area (Å²) < 4.78 is 0. The first kappa shape index (κ1) is 14.5. The fourth-order valence-corrected chi connectivity index (χ4v) is 2.27. The molecule has 7 nitrogen and oxygen atoms in total. The molecule has 110 valence electrons. The van der Waals surface area contributed by atoms with E-state index in [2.05, 4.69) is 5.32 Å². The minimum Gasteiger partial charge on any atom is -0.352 e. The van der Waals surface area contributed by atoms with Crippen molar-refractivity contribution in [2.75, 3.05) is 6.54 Å². The molecule has 0 spiro atoms. The molecule has 1 saturated heterocycles. The van der Waals surface area contributed by atoms with Crippen LogP contribution < -0.4 is 5.32 Å². The number of hydrogen-bond acceptors (Lipinski definition) is 4. The zero-order valence-corrected chi connectivity index (χ0v) is 11.9. The molecule has 0 aromatic rings. The van der Waals surface area contributed by atoms with Crippen LogP contribution in [0.5, 0.6) is 0 Å². The number of carbonyl (C=O) groups excluding carboxylic acids is 4. The lowest BCUT2D eigenvalue weighted by Gasteiger charge is -2.19. The molecule has 0 aromatic heterocycles. The van der Waals surface area contributed by atoms with E-state index in [1.54, 1.807) is 13.8 Å². The molecule has 0 aromatic carbocycles. The maximum atomic E-state index is 12.0. The number of hydrogen-bond donors (Lipinski definition) is 1. The van der Waals surface area contributed by atoms with Gasteiger partial charge in [0.25, 0.3) is 0 Å². The zero-order chi connectivity index (χ0) is 15.0. The minimum absolute atomic E-state index is 0.0345. The number of imide groups is 2. The fourth-order valence-electron chi connectivity index (χ4n) is 2.27. The van der Waals surface area contributed by atoms with Gasteiger partial charge in [-0.15, -0.1) is 0 Å². The highest BCUT2D eigenvalue weighted by Gasteiger charge is 2.46. The molecule has 20 heavy (non-hydrogen) atoms. The van der Waals surface area contributed by atoms with Crippen LogP contribution in [0.25, 0.3) is 0 Å². The lowest BCUT2D eigenvalue weighted by molar-refractivity contribution is -0.144. The molecular formula is C13H19N3O4. The van der Waals surface area contributed by atoms with Crippen LogP contribution in [0.4, 0.5) is 4.79 Å². The molecule has 5 amide bonds. The molecule has 1 heterocycles. The van der Waals surface area contributed by atoms with Gasteiger partial charge in [0.05, 0.1) is 0 Å². The Morgan fingerprint density at radius 3 is 2.25 bits per heavy atom. The summed E-state index contributed by atoms with van der Waals surface area (Å²) in [4.78, 5) is 48.8. The number of nitrogens with one attached hydrogen (secondary N) is 1. The average molecular weight is 281 g/mol. The van der Waals surface area contributed by atoms with Gasteiger partial charge in [-0.3, -0.25) is 19.3 Å². The van der Waals surface area contributed by atoms with Crippen molar-refractivity contribution >= 4 is 23.8 Å². The molecule has 2 fully saturated rings. The average Bonchev–Trinajstić information content (AvgIpc) is 3.15. The van der Waals surface area contributed by atoms with E-state index in [0.717, 1.165) is 17.7 Å². The SMILES string of the molecule is CC(C)N1C(=O)C(=O)N(CC(=O)N[C@@H](C)C2CC2)C1=O. The number of nitrogens with zero attached hydrogens (tertiary/aromatic N) is 2. The standard InChI is InChI=1S/C13H19N3O4/c1-7(2)16-12(19)11(18)15(13(16)20)6-10(17)14-8(3)9-4-5-9/h7-9H,4-6H2,1-3H3,(H,14,17)/t8-/m0/s1. The maximum Gasteiger partial charge on any atom is 0.334 e. The van der Waals surface area contributed by atoms with E-state index in [4.69, 9.17) is 0 Å². The summed E-state index contributed by atoms with van der Waals surface area (Å²) in [6, 6.07) is -1.09. The first-order valence-electron chi connectivity index (χ1n) is 6.81. The van der Waals surface area contributed by atoms with Gasteiger partial charge in [-0.1, -0.05) is 0 Å². The molecule has 2 aliphatic rings. The van der Waals surface area contributed by atoms with E-state index in [9.17, 15) is 19.2 Å². The van der Waals surface area contributed by atoms with E-state index in [-0.39, 0.29) is 6.04 Å². The van der Waals surface area contributed by atoms with Crippen molar-refractivity contribution in [1.82, 2.24) is 15.1 Å². The summed E-state index contributed by atoms with van der Waals surface area (Å²) >= 11 is 0. The smallest absolute Gasteiger partial charge is 0.334 e. The van der Waals surface area contributed by atoms with Crippen LogP contribution in [-0.2, 0) is 14.4 Å². The van der Waals surface area contributed by atoms with Gasteiger partial charge in [-0.05, 0) is 39.5 Å². The van der Waals surface area contributed by atoms with E-state index in [1.807, 2.05) is 6.92 Å². The van der Waals surface area contributed by atoms with Crippen LogP contribution >= 0.6 is 0 Å². The first-order chi connectivity index (χ1) is 9.32. The summed E-state index contributed by atoms with van der Waals surface area (Å²) in [7, 11) is 0. The summed E-state index contributed by atoms with van der Waals surface area (Å²) in [6.45, 7) is 4.78. The predicted octanol–water partition coefficient (Wildman–Crippen LogP) is 0.100. The van der Waals surface area contributed by atoms with E-state index >= 15 is 0 Å². The van der Waals surface area contributed by atoms with Crippen LogP contribution in [0.2, 0.25) is 0 Å². The largest absolute Gasteiger partial charge is 0.352 e. The monoisotopic (exact) mass is 281 g/mol. The van der Waals surface area contributed by atoms with Crippen molar-refractivity contribution in [3.05, 3.63) is 0 Å². The third kappa shape index (κ3) is 2.66. The van der Waals surface area contributed by atoms with Crippen LogP contribution in [-0.4, -0.2) is 52.2 Å². The molecule has 0 bridgehead atoms. The Labute approximate surface area is 117 Å². The Kier molecular flexibility index (Phi) is 3.78. The molecule has 7 heteroatoms. The van der Waals surface area contributed by atoms with E-state index < -0.39 is 36.3 Å². The lowest BCUT2D eigenvalue weighted by Crippen LogP contribution is -2.45. The van der Waals surface area contributed by atoms with E-state index in [1.165, 1.54) is 0 Å². The van der Waals surface area contributed by atoms with Gasteiger partial charge in [-0.25, -0.2) is 9.69 Å². The van der Waals surface area contributed by atoms with Gasteiger partial charge in [0.2, 0.25) is 5.91 Å². The number of rotatable bonds is 5. The molecule has 1 aliphatic heterocycles. The Bertz CT molecular complexity index is 470. The second-order valence-electron chi connectivity index (χ2n) is 5.64. The Balaban J connectivity index is 1.98. The summed E-state index contributed by atoms with van der Waals surface area (Å²) in [6.07, 6.45) is 2.17. The van der Waals surface area contributed by atoms with E-state index in [0.29, 0.717) is 10.8 Å². The summed E-state index contributed by atoms with van der Waals surface area (Å²) in [5.41, 5.74) is 0. The normalized spacial score (nSPS) is 20.9. The highest BCUT2D eigenvalue weighted by Crippen LogP contribution is 2.32. The van der Waals surface area contributed by atoms with Crippen LogP contribution in [0.15, 0.2) is 0 Å². The summed E-state index contributed by atoms with van der Waals surface area (Å²) in [5, 5.41) is 2.75. The zero-order valence-electron chi connectivity index (χ0n) is 11.9. The minimum atomic E-state index is -0.932. The third-order valence-corrected chi connectivity index (χ3v) is 3.62. The fraction of sp³-hybridized carbons (Fsp3) is 0.692. The topological polar surface area (TPSA) is 86.8 Å². The van der Waals surface area contributed by atoms with Crippen molar-refractivity contribution in [3.8, 4) is 0 Å². The molecule has 1 N–H and O–H groups in total. The number of urea groups is 1. The molecule has 2 rings (SSSR count). The van der Waals surface area contributed by atoms with Crippen LogP contribution in [0.3, 0.4) is 0 Å². The lowest BCUT2D eigenvalue weighted by atomic mass is 10.2. The Morgan fingerprint density at radius 1 is 1.20 bits per heavy atom. The van der Waals surface area contributed by atoms with Crippen LogP contribution in [0, 0.1) is 5.92 Å². The predicted molar refractivity (Wildman–Crippen MR) is 69.4 cm³/mol. The van der Waals surface area contributed by atoms with Gasteiger partial charge in [0.15, 0.2) is 0 Å². The Hall–Kier alpha value is -1.92. The van der Waals surface area contributed by atoms with Crippen molar-refractivity contribution in [1.29, 1.82) is 0 Å². The molecule has 0 unspecified atom stereocenters. The van der Waals surface area contributed by atoms with Crippen molar-refractivity contribution in [3.63, 3.8) is 0 Å². The van der Waals surface area contributed by atoms with Crippen molar-refractivity contribution in [2.45, 2.75) is 45.7 Å². The maximum absolute atomic E-state index is 12.0. The highest BCUT2D eigenvalue weighted by molar-refractivity contribution is 6.45. The van der Waals surface area contributed by atoms with Crippen molar-refractivity contribution < 1.29 is 19.2 Å². The highest BCUT2D eigenvalue weighted by atomic mass is 16.2. The van der Waals surface area contributed by atoms with Crippen molar-refractivity contribution in [2.24, 2.45) is 5.92 Å². The third-order valence-electron chi connectivity index (χ3n) is 3.62. The van der Waals surface area contributed by atoms with Gasteiger partial charge in [-0.2, -0.15) is 0 Å². The molecular weight excluding hydrogens is 262 g/mol. The molecule has 1 atom stereocenters. The second kappa shape index (κ2) is 5.22. The summed E-state index contributed by atoms with van der Waals surface area (Å²) in [5.74, 6) is -1.73. The van der Waals surface area contributed by atoms with Crippen LogP contribution in [0.1, 0.15) is 33.6 Å². The van der Waals surface area contributed by atoms with Gasteiger partial charge in [0.1, 0.15) is 6.54 Å². The van der Waals surface area contributed by atoms with Gasteiger partial charge in [0, 0.05) is 12.1 Å². The molecule has 1 saturated carbocycles. The molecule has 0 radical (unpaired) electrons. The second-order valence-corrected chi connectivity index (χ2v) is 5.64. The number of carbonyl (C=O) groups is 4. The molecule has 1 aliphatic carbocycles. The number of amides is 5. The van der Waals surface area contributed by atoms with Gasteiger partial charge < -0.3 is 5.32 Å². The first-order valence-corrected chi connectivity index (χ1v) is 6.81.